The molecule has 2 atom stereocenters. The van der Waals surface area contributed by atoms with Gasteiger partial charge < -0.3 is 20.0 Å². The van der Waals surface area contributed by atoms with Gasteiger partial charge in [-0.15, -0.1) is 0 Å². The van der Waals surface area contributed by atoms with Crippen LogP contribution in [0.5, 0.6) is 0 Å². The van der Waals surface area contributed by atoms with Crippen LogP contribution >= 0.6 is 0 Å². The monoisotopic (exact) mass is 304 g/mol. The van der Waals surface area contributed by atoms with Crippen molar-refractivity contribution in [3.8, 4) is 0 Å². The Morgan fingerprint density at radius 3 is 2.95 bits per heavy atom. The van der Waals surface area contributed by atoms with Gasteiger partial charge >= 0.3 is 5.69 Å². The molecule has 7 nitrogen and oxygen atoms in total. The van der Waals surface area contributed by atoms with Gasteiger partial charge in [-0.25, -0.2) is 4.79 Å². The summed E-state index contributed by atoms with van der Waals surface area (Å²) in [4.78, 5) is 31.1. The van der Waals surface area contributed by atoms with Gasteiger partial charge in [-0.05, 0) is 32.0 Å². The molecular formula is C15H20N4O3. The first-order valence-electron chi connectivity index (χ1n) is 7.41. The molecule has 118 valence electrons. The summed E-state index contributed by atoms with van der Waals surface area (Å²) < 4.78 is 5.50. The number of nitrogens with one attached hydrogen (secondary N) is 3. The normalized spacial score (nSPS) is 20.9. The van der Waals surface area contributed by atoms with Crippen molar-refractivity contribution in [1.29, 1.82) is 0 Å². The van der Waals surface area contributed by atoms with E-state index in [0.29, 0.717) is 17.8 Å². The molecule has 22 heavy (non-hydrogen) atoms. The highest BCUT2D eigenvalue weighted by molar-refractivity contribution is 5.96. The van der Waals surface area contributed by atoms with Crippen molar-refractivity contribution in [2.75, 3.05) is 25.0 Å². The quantitative estimate of drug-likeness (QED) is 0.786. The van der Waals surface area contributed by atoms with Crippen molar-refractivity contribution < 1.29 is 9.53 Å². The highest BCUT2D eigenvalue weighted by atomic mass is 16.5. The number of hydrogen-bond donors (Lipinski definition) is 3. The smallest absolute Gasteiger partial charge is 0.323 e. The number of imidazole rings is 1. The van der Waals surface area contributed by atoms with Gasteiger partial charge in [-0.3, -0.25) is 9.69 Å². The predicted octanol–water partition coefficient (Wildman–Crippen LogP) is 0.904. The van der Waals surface area contributed by atoms with Crippen LogP contribution in [0.15, 0.2) is 23.0 Å². The Labute approximate surface area is 127 Å². The number of amides is 1. The maximum Gasteiger partial charge on any atom is 0.323 e. The van der Waals surface area contributed by atoms with Gasteiger partial charge in [0.15, 0.2) is 0 Å². The van der Waals surface area contributed by atoms with Crippen LogP contribution in [-0.2, 0) is 9.53 Å². The van der Waals surface area contributed by atoms with Gasteiger partial charge in [0.2, 0.25) is 5.91 Å². The number of anilines is 1. The number of H-pyrrole nitrogens is 2. The molecule has 2 aromatic rings. The zero-order chi connectivity index (χ0) is 15.7. The molecule has 0 aliphatic carbocycles. The lowest BCUT2D eigenvalue weighted by molar-refractivity contribution is -0.123. The third kappa shape index (κ3) is 3.05. The summed E-state index contributed by atoms with van der Waals surface area (Å²) in [6.07, 6.45) is 0.144. The topological polar surface area (TPSA) is 90.2 Å². The SMILES string of the molecule is C[C@H]1CN([C@@H](C)C(=O)Nc2ccc3[nH]c(=O)[nH]c3c2)CCO1. The van der Waals surface area contributed by atoms with E-state index >= 15 is 0 Å². The summed E-state index contributed by atoms with van der Waals surface area (Å²) in [7, 11) is 0. The van der Waals surface area contributed by atoms with Gasteiger partial charge in [-0.1, -0.05) is 0 Å². The number of aromatic nitrogens is 2. The third-order valence-electron chi connectivity index (χ3n) is 3.98. The lowest BCUT2D eigenvalue weighted by Gasteiger charge is -2.34. The zero-order valence-corrected chi connectivity index (χ0v) is 12.7. The van der Waals surface area contributed by atoms with E-state index in [0.717, 1.165) is 18.6 Å². The molecule has 1 fully saturated rings. The van der Waals surface area contributed by atoms with Gasteiger partial charge in [0, 0.05) is 18.8 Å². The molecule has 2 heterocycles. The fourth-order valence-corrected chi connectivity index (χ4v) is 2.72. The van der Waals surface area contributed by atoms with Crippen molar-refractivity contribution in [1.82, 2.24) is 14.9 Å². The maximum atomic E-state index is 12.4. The van der Waals surface area contributed by atoms with Gasteiger partial charge in [0.05, 0.1) is 29.8 Å². The van der Waals surface area contributed by atoms with Gasteiger partial charge in [0.1, 0.15) is 0 Å². The van der Waals surface area contributed by atoms with E-state index in [1.807, 2.05) is 13.8 Å². The number of benzene rings is 1. The fraction of sp³-hybridized carbons (Fsp3) is 0.467. The van der Waals surface area contributed by atoms with Gasteiger partial charge in [-0.2, -0.15) is 0 Å². The summed E-state index contributed by atoms with van der Waals surface area (Å²) >= 11 is 0. The molecule has 7 heteroatoms. The van der Waals surface area contributed by atoms with Crippen LogP contribution in [0.2, 0.25) is 0 Å². The van der Waals surface area contributed by atoms with E-state index in [4.69, 9.17) is 4.74 Å². The molecule has 1 saturated heterocycles. The van der Waals surface area contributed by atoms with Crippen LogP contribution in [-0.4, -0.2) is 52.6 Å². The van der Waals surface area contributed by atoms with Crippen molar-refractivity contribution in [2.24, 2.45) is 0 Å². The Balaban J connectivity index is 1.70. The molecule has 1 aromatic heterocycles. The number of ether oxygens (including phenoxy) is 1. The second-order valence-corrected chi connectivity index (χ2v) is 5.68. The van der Waals surface area contributed by atoms with Crippen LogP contribution < -0.4 is 11.0 Å². The minimum Gasteiger partial charge on any atom is -0.376 e. The second-order valence-electron chi connectivity index (χ2n) is 5.68. The Morgan fingerprint density at radius 2 is 2.18 bits per heavy atom. The van der Waals surface area contributed by atoms with Crippen LogP contribution in [0, 0.1) is 0 Å². The number of nitrogens with zero attached hydrogens (tertiary/aromatic N) is 1. The first-order chi connectivity index (χ1) is 10.5. The Hall–Kier alpha value is -2.12. The molecule has 0 saturated carbocycles. The molecule has 1 amide bonds. The van der Waals surface area contributed by atoms with Crippen LogP contribution in [0.1, 0.15) is 13.8 Å². The minimum absolute atomic E-state index is 0.0636. The van der Waals surface area contributed by atoms with Crippen LogP contribution in [0.4, 0.5) is 5.69 Å². The van der Waals surface area contributed by atoms with E-state index in [1.54, 1.807) is 18.2 Å². The number of carbonyl (C=O) groups excluding carboxylic acids is 1. The summed E-state index contributed by atoms with van der Waals surface area (Å²) in [5.41, 5.74) is 1.81. The van der Waals surface area contributed by atoms with E-state index < -0.39 is 0 Å². The fourth-order valence-electron chi connectivity index (χ4n) is 2.72. The Morgan fingerprint density at radius 1 is 1.41 bits per heavy atom. The number of morpholine rings is 1. The lowest BCUT2D eigenvalue weighted by Crippen LogP contribution is -2.50. The molecule has 3 rings (SSSR count). The van der Waals surface area contributed by atoms with Crippen LogP contribution in [0.25, 0.3) is 11.0 Å². The van der Waals surface area contributed by atoms with E-state index in [-0.39, 0.29) is 23.7 Å². The minimum atomic E-state index is -0.255. The second kappa shape index (κ2) is 5.94. The largest absolute Gasteiger partial charge is 0.376 e. The highest BCUT2D eigenvalue weighted by Crippen LogP contribution is 2.16. The molecule has 1 aliphatic heterocycles. The molecule has 1 aromatic carbocycles. The first kappa shape index (κ1) is 14.8. The van der Waals surface area contributed by atoms with E-state index in [2.05, 4.69) is 20.2 Å². The van der Waals surface area contributed by atoms with E-state index in [1.165, 1.54) is 0 Å². The molecule has 3 N–H and O–H groups in total. The number of carbonyl (C=O) groups is 1. The summed E-state index contributed by atoms with van der Waals surface area (Å²) in [5, 5.41) is 2.90. The van der Waals surface area contributed by atoms with E-state index in [9.17, 15) is 9.59 Å². The number of fused-ring (bicyclic) bond motifs is 1. The average molecular weight is 304 g/mol. The number of hydrogen-bond acceptors (Lipinski definition) is 4. The zero-order valence-electron chi connectivity index (χ0n) is 12.7. The summed E-state index contributed by atoms with van der Waals surface area (Å²) in [6.45, 7) is 6.05. The molecule has 0 spiro atoms. The third-order valence-corrected chi connectivity index (χ3v) is 3.98. The molecule has 0 unspecified atom stereocenters. The molecular weight excluding hydrogens is 284 g/mol. The summed E-state index contributed by atoms with van der Waals surface area (Å²) in [5.74, 6) is -0.0636. The predicted molar refractivity (Wildman–Crippen MR) is 84.0 cm³/mol. The van der Waals surface area contributed by atoms with Crippen LogP contribution in [0.3, 0.4) is 0 Å². The Bertz CT molecular complexity index is 736. The van der Waals surface area contributed by atoms with Crippen molar-refractivity contribution in [3.05, 3.63) is 28.7 Å². The molecule has 1 aliphatic rings. The lowest BCUT2D eigenvalue weighted by atomic mass is 10.2. The van der Waals surface area contributed by atoms with Gasteiger partial charge in [0.25, 0.3) is 0 Å². The van der Waals surface area contributed by atoms with Crippen molar-refractivity contribution in [3.63, 3.8) is 0 Å². The number of aromatic amines is 2. The number of rotatable bonds is 3. The summed E-state index contributed by atoms with van der Waals surface area (Å²) in [6, 6.07) is 5.07. The standard InChI is InChI=1S/C15H20N4O3/c1-9-8-19(5-6-22-9)10(2)14(20)16-11-3-4-12-13(7-11)18-15(21)17-12/h3-4,7,9-10H,5-6,8H2,1-2H3,(H,16,20)(H2,17,18,21)/t9-,10-/m0/s1. The first-order valence-corrected chi connectivity index (χ1v) is 7.41. The molecule has 0 bridgehead atoms. The highest BCUT2D eigenvalue weighted by Gasteiger charge is 2.26. The molecule has 0 radical (unpaired) electrons. The van der Waals surface area contributed by atoms with Crippen molar-refractivity contribution >= 4 is 22.6 Å². The average Bonchev–Trinajstić information content (AvgIpc) is 2.85. The Kier molecular flexibility index (Phi) is 4.00. The van der Waals surface area contributed by atoms with Crippen molar-refractivity contribution in [2.45, 2.75) is 26.0 Å². The maximum absolute atomic E-state index is 12.4.